The summed E-state index contributed by atoms with van der Waals surface area (Å²) in [7, 11) is 0. The molecule has 0 unspecified atom stereocenters. The summed E-state index contributed by atoms with van der Waals surface area (Å²) in [5.74, 6) is -0.771. The highest BCUT2D eigenvalue weighted by Crippen LogP contribution is 2.20. The van der Waals surface area contributed by atoms with Crippen LogP contribution in [-0.4, -0.2) is 15.6 Å². The van der Waals surface area contributed by atoms with Crippen LogP contribution in [-0.2, 0) is 24.3 Å². The third kappa shape index (κ3) is 5.71. The van der Waals surface area contributed by atoms with E-state index in [0.717, 1.165) is 19.4 Å². The third-order valence-electron chi connectivity index (χ3n) is 4.45. The van der Waals surface area contributed by atoms with Crippen LogP contribution in [0.5, 0.6) is 0 Å². The zero-order chi connectivity index (χ0) is 18.5. The molecule has 0 spiro atoms. The zero-order valence-corrected chi connectivity index (χ0v) is 17.8. The van der Waals surface area contributed by atoms with Crippen LogP contribution in [0, 0.1) is 0 Å². The maximum atomic E-state index is 10.6. The van der Waals surface area contributed by atoms with Crippen molar-refractivity contribution in [2.45, 2.75) is 38.8 Å². The highest BCUT2D eigenvalue weighted by atomic mass is 79.9. The van der Waals surface area contributed by atoms with Crippen molar-refractivity contribution in [3.63, 3.8) is 0 Å². The fourth-order valence-electron chi connectivity index (χ4n) is 3.02. The van der Waals surface area contributed by atoms with Gasteiger partial charge in [-0.05, 0) is 52.4 Å². The molecule has 0 aliphatic rings. The lowest BCUT2D eigenvalue weighted by molar-refractivity contribution is -0.693. The molecule has 7 heteroatoms. The van der Waals surface area contributed by atoms with E-state index in [1.54, 1.807) is 0 Å². The highest BCUT2D eigenvalue weighted by molar-refractivity contribution is 6.39. The summed E-state index contributed by atoms with van der Waals surface area (Å²) in [6.07, 6.45) is 4.32. The second kappa shape index (κ2) is 10.1. The van der Waals surface area contributed by atoms with Crippen molar-refractivity contribution < 1.29 is 31.4 Å². The van der Waals surface area contributed by atoms with Crippen molar-refractivity contribution in [1.29, 1.82) is 0 Å². The van der Waals surface area contributed by atoms with Crippen LogP contribution < -0.4 is 21.5 Å². The van der Waals surface area contributed by atoms with Crippen LogP contribution in [0.1, 0.15) is 24.8 Å². The molecule has 0 aliphatic heterocycles. The molecular formula is C20H21BrCl2N2O2. The minimum atomic E-state index is -0.771. The van der Waals surface area contributed by atoms with Crippen LogP contribution in [0.15, 0.2) is 48.8 Å². The first-order chi connectivity index (χ1) is 12.5. The normalized spacial score (nSPS) is 10.7. The fourth-order valence-corrected chi connectivity index (χ4v) is 3.49. The molecule has 0 aliphatic carbocycles. The van der Waals surface area contributed by atoms with Crippen molar-refractivity contribution >= 4 is 39.9 Å². The maximum Gasteiger partial charge on any atom is 0.303 e. The monoisotopic (exact) mass is 470 g/mol. The summed E-state index contributed by atoms with van der Waals surface area (Å²) < 4.78 is 3.82. The van der Waals surface area contributed by atoms with E-state index in [1.165, 1.54) is 16.3 Å². The number of rotatable bonds is 8. The number of hydrogen-bond donors (Lipinski definition) is 1. The topological polar surface area (TPSA) is 46.1 Å². The minimum Gasteiger partial charge on any atom is -1.00 e. The summed E-state index contributed by atoms with van der Waals surface area (Å²) in [5.41, 5.74) is 1.25. The van der Waals surface area contributed by atoms with Gasteiger partial charge >= 0.3 is 5.97 Å². The van der Waals surface area contributed by atoms with E-state index in [1.807, 2.05) is 27.6 Å². The van der Waals surface area contributed by atoms with Gasteiger partial charge in [-0.25, -0.2) is 9.13 Å². The zero-order valence-electron chi connectivity index (χ0n) is 14.7. The van der Waals surface area contributed by atoms with E-state index in [2.05, 4.69) is 30.3 Å². The molecule has 3 rings (SSSR count). The number of aromatic nitrogens is 2. The molecule has 0 fully saturated rings. The van der Waals surface area contributed by atoms with Gasteiger partial charge in [-0.1, -0.05) is 42.5 Å². The number of benzene rings is 2. The molecule has 1 N–H and O–H groups in total. The Bertz CT molecular complexity index is 927. The summed E-state index contributed by atoms with van der Waals surface area (Å²) in [6.45, 7) is 1.40. The molecular weight excluding hydrogens is 451 g/mol. The van der Waals surface area contributed by atoms with Gasteiger partial charge in [0, 0.05) is 12.8 Å². The number of unbranched alkanes of at least 4 members (excludes halogenated alkanes) is 1. The summed E-state index contributed by atoms with van der Waals surface area (Å²) in [4.78, 5) is 10.6. The Morgan fingerprint density at radius 3 is 2.56 bits per heavy atom. The van der Waals surface area contributed by atoms with Gasteiger partial charge in [0.1, 0.15) is 0 Å². The predicted octanol–water partition coefficient (Wildman–Crippen LogP) is 1.74. The van der Waals surface area contributed by atoms with Crippen LogP contribution >= 0.6 is 23.2 Å². The van der Waals surface area contributed by atoms with Crippen molar-refractivity contribution in [2.75, 3.05) is 0 Å². The number of imidazole rings is 1. The molecule has 0 amide bonds. The van der Waals surface area contributed by atoms with Crippen molar-refractivity contribution in [1.82, 2.24) is 4.57 Å². The summed E-state index contributed by atoms with van der Waals surface area (Å²) in [6, 6.07) is 14.8. The van der Waals surface area contributed by atoms with E-state index >= 15 is 0 Å². The number of aryl methyl sites for hydroxylation is 3. The molecule has 27 heavy (non-hydrogen) atoms. The number of halogens is 3. The van der Waals surface area contributed by atoms with Gasteiger partial charge in [0.15, 0.2) is 0 Å². The average molecular weight is 472 g/mol. The van der Waals surface area contributed by atoms with Gasteiger partial charge in [-0.2, -0.15) is 0 Å². The van der Waals surface area contributed by atoms with E-state index < -0.39 is 5.97 Å². The number of nitrogens with zero attached hydrogens (tertiary/aromatic N) is 2. The SMILES string of the molecule is O=C(O)CCCCn1c[n+](CCc2ccc3ccccc3c2)c(Cl)c1Cl.[Br-]. The van der Waals surface area contributed by atoms with E-state index in [4.69, 9.17) is 28.3 Å². The number of aliphatic carboxylic acids is 1. The Labute approximate surface area is 179 Å². The lowest BCUT2D eigenvalue weighted by Crippen LogP contribution is -3.00. The Morgan fingerprint density at radius 1 is 1.07 bits per heavy atom. The van der Waals surface area contributed by atoms with Crippen molar-refractivity contribution in [2.24, 2.45) is 0 Å². The number of carboxylic acid groups (broad SMARTS) is 1. The minimum absolute atomic E-state index is 0. The standard InChI is InChI=1S/C20H20Cl2N2O2.BrH/c21-19-20(22)24(14-23(19)11-4-3-7-18(25)26)12-10-15-8-9-16-5-1-2-6-17(16)13-15;/h1-2,5-6,8-9,13-14H,3-4,7,10-12H2;1H. The molecule has 3 aromatic rings. The van der Waals surface area contributed by atoms with Crippen molar-refractivity contribution in [3.8, 4) is 0 Å². The first-order valence-corrected chi connectivity index (χ1v) is 9.43. The molecule has 144 valence electrons. The Balaban J connectivity index is 0.00000261. The highest BCUT2D eigenvalue weighted by Gasteiger charge is 2.19. The quantitative estimate of drug-likeness (QED) is 0.401. The molecule has 0 atom stereocenters. The van der Waals surface area contributed by atoms with Crippen LogP contribution in [0.3, 0.4) is 0 Å². The summed E-state index contributed by atoms with van der Waals surface area (Å²) in [5, 5.41) is 12.2. The molecule has 2 aromatic carbocycles. The lowest BCUT2D eigenvalue weighted by atomic mass is 10.1. The molecule has 0 bridgehead atoms. The van der Waals surface area contributed by atoms with Gasteiger partial charge in [-0.3, -0.25) is 4.79 Å². The van der Waals surface area contributed by atoms with Gasteiger partial charge in [-0.15, -0.1) is 0 Å². The Kier molecular flexibility index (Phi) is 8.14. The number of hydrogen-bond acceptors (Lipinski definition) is 1. The van der Waals surface area contributed by atoms with Crippen LogP contribution in [0.4, 0.5) is 0 Å². The molecule has 0 saturated carbocycles. The largest absolute Gasteiger partial charge is 1.00 e. The van der Waals surface area contributed by atoms with Gasteiger partial charge in [0.2, 0.25) is 6.33 Å². The van der Waals surface area contributed by atoms with E-state index in [0.29, 0.717) is 23.3 Å². The summed E-state index contributed by atoms with van der Waals surface area (Å²) >= 11 is 12.7. The lowest BCUT2D eigenvalue weighted by Gasteiger charge is -2.03. The van der Waals surface area contributed by atoms with E-state index in [9.17, 15) is 4.79 Å². The van der Waals surface area contributed by atoms with Crippen LogP contribution in [0.25, 0.3) is 10.8 Å². The van der Waals surface area contributed by atoms with Gasteiger partial charge in [0.25, 0.3) is 10.3 Å². The predicted molar refractivity (Wildman–Crippen MR) is 104 cm³/mol. The molecule has 0 saturated heterocycles. The molecule has 0 radical (unpaired) electrons. The second-order valence-corrected chi connectivity index (χ2v) is 7.08. The van der Waals surface area contributed by atoms with Gasteiger partial charge in [0.05, 0.1) is 13.1 Å². The Morgan fingerprint density at radius 2 is 1.81 bits per heavy atom. The van der Waals surface area contributed by atoms with Gasteiger partial charge < -0.3 is 22.1 Å². The first kappa shape index (κ1) is 21.7. The molecule has 1 aromatic heterocycles. The molecule has 1 heterocycles. The molecule has 4 nitrogen and oxygen atoms in total. The first-order valence-electron chi connectivity index (χ1n) is 8.67. The second-order valence-electron chi connectivity index (χ2n) is 6.37. The average Bonchev–Trinajstić information content (AvgIpc) is 2.91. The smallest absolute Gasteiger partial charge is 0.303 e. The van der Waals surface area contributed by atoms with Crippen molar-refractivity contribution in [3.05, 3.63) is 64.7 Å². The number of fused-ring (bicyclic) bond motifs is 1. The Hall–Kier alpha value is -1.56. The maximum absolute atomic E-state index is 10.6. The fraction of sp³-hybridized carbons (Fsp3) is 0.300. The number of carboxylic acids is 1. The number of carbonyl (C=O) groups is 1. The van der Waals surface area contributed by atoms with Crippen LogP contribution in [0.2, 0.25) is 10.3 Å². The third-order valence-corrected chi connectivity index (χ3v) is 5.34. The van der Waals surface area contributed by atoms with E-state index in [-0.39, 0.29) is 23.4 Å².